The van der Waals surface area contributed by atoms with Crippen molar-refractivity contribution in [1.82, 2.24) is 4.90 Å². The van der Waals surface area contributed by atoms with E-state index in [1.165, 1.54) is 0 Å². The summed E-state index contributed by atoms with van der Waals surface area (Å²) in [7, 11) is 0. The minimum atomic E-state index is -0.0176. The summed E-state index contributed by atoms with van der Waals surface area (Å²) in [5.41, 5.74) is 0.889. The van der Waals surface area contributed by atoms with Crippen LogP contribution in [0.2, 0.25) is 5.02 Å². The highest BCUT2D eigenvalue weighted by Gasteiger charge is 2.21. The summed E-state index contributed by atoms with van der Waals surface area (Å²) >= 11 is 11.6. The molecule has 1 fully saturated rings. The topological polar surface area (TPSA) is 40.5 Å². The summed E-state index contributed by atoms with van der Waals surface area (Å²) in [5.74, 6) is 0.176. The van der Waals surface area contributed by atoms with E-state index in [1.807, 2.05) is 42.5 Å². The Morgan fingerprint density at radius 1 is 1.30 bits per heavy atom. The summed E-state index contributed by atoms with van der Waals surface area (Å²) in [6, 6.07) is 13.8. The van der Waals surface area contributed by atoms with Crippen LogP contribution in [-0.2, 0) is 4.79 Å². The van der Waals surface area contributed by atoms with Crippen LogP contribution in [0.25, 0.3) is 6.08 Å². The van der Waals surface area contributed by atoms with E-state index in [0.717, 1.165) is 39.2 Å². The second kappa shape index (κ2) is 9.78. The number of benzene rings is 2. The minimum Gasteiger partial charge on any atom is -0.396 e. The molecule has 3 rings (SSSR count). The fraction of sp³-hybridized carbons (Fsp3) is 0.286. The molecule has 1 heterocycles. The first kappa shape index (κ1) is 20.5. The third-order valence-electron chi connectivity index (χ3n) is 4.52. The number of carbonyl (C=O) groups is 1. The molecule has 1 amide bonds. The number of piperidine rings is 1. The average Bonchev–Trinajstić information content (AvgIpc) is 2.69. The van der Waals surface area contributed by atoms with Gasteiger partial charge >= 0.3 is 0 Å². The van der Waals surface area contributed by atoms with Crippen LogP contribution in [0.5, 0.6) is 0 Å². The van der Waals surface area contributed by atoms with Crippen molar-refractivity contribution >= 4 is 51.3 Å². The molecule has 2 aromatic rings. The van der Waals surface area contributed by atoms with Gasteiger partial charge in [0.2, 0.25) is 5.91 Å². The molecule has 0 radical (unpaired) electrons. The van der Waals surface area contributed by atoms with E-state index in [1.54, 1.807) is 28.8 Å². The van der Waals surface area contributed by atoms with Crippen LogP contribution < -0.4 is 0 Å². The molecule has 0 spiro atoms. The van der Waals surface area contributed by atoms with Gasteiger partial charge in [0.05, 0.1) is 5.02 Å². The number of hydrogen-bond acceptors (Lipinski definition) is 3. The second-order valence-electron chi connectivity index (χ2n) is 6.53. The van der Waals surface area contributed by atoms with Crippen molar-refractivity contribution in [2.75, 3.05) is 19.7 Å². The summed E-state index contributed by atoms with van der Waals surface area (Å²) < 4.78 is 1.03. The first-order chi connectivity index (χ1) is 13.1. The lowest BCUT2D eigenvalue weighted by molar-refractivity contribution is -0.127. The first-order valence-electron chi connectivity index (χ1n) is 8.86. The molecule has 1 saturated heterocycles. The van der Waals surface area contributed by atoms with Crippen LogP contribution in [0.1, 0.15) is 18.4 Å². The zero-order chi connectivity index (χ0) is 19.2. The number of halogens is 2. The summed E-state index contributed by atoms with van der Waals surface area (Å²) in [6.45, 7) is 1.52. The van der Waals surface area contributed by atoms with Crippen molar-refractivity contribution in [3.63, 3.8) is 0 Å². The van der Waals surface area contributed by atoms with Gasteiger partial charge in [-0.15, -0.1) is 0 Å². The van der Waals surface area contributed by atoms with Crippen LogP contribution in [0.3, 0.4) is 0 Å². The molecule has 0 bridgehead atoms. The van der Waals surface area contributed by atoms with Crippen molar-refractivity contribution in [2.45, 2.75) is 22.6 Å². The predicted octanol–water partition coefficient (Wildman–Crippen LogP) is 5.50. The fourth-order valence-electron chi connectivity index (χ4n) is 3.04. The quantitative estimate of drug-likeness (QED) is 0.592. The van der Waals surface area contributed by atoms with Crippen LogP contribution in [0, 0.1) is 5.92 Å². The van der Waals surface area contributed by atoms with E-state index in [4.69, 9.17) is 11.6 Å². The van der Waals surface area contributed by atoms with E-state index >= 15 is 0 Å². The molecular formula is C21H21BrClNO2S. The molecule has 1 aliphatic rings. The minimum absolute atomic E-state index is 0.0176. The van der Waals surface area contributed by atoms with E-state index in [9.17, 15) is 9.90 Å². The maximum absolute atomic E-state index is 12.4. The maximum atomic E-state index is 12.4. The van der Waals surface area contributed by atoms with Crippen LogP contribution in [0.15, 0.2) is 62.8 Å². The number of hydrogen-bond donors (Lipinski definition) is 1. The zero-order valence-electron chi connectivity index (χ0n) is 14.8. The monoisotopic (exact) mass is 465 g/mol. The number of aliphatic hydroxyl groups is 1. The Bertz CT molecular complexity index is 843. The molecule has 1 atom stereocenters. The van der Waals surface area contributed by atoms with Gasteiger partial charge in [-0.2, -0.15) is 0 Å². The maximum Gasteiger partial charge on any atom is 0.246 e. The molecule has 1 aliphatic heterocycles. The second-order valence-corrected chi connectivity index (χ2v) is 8.88. The normalized spacial score (nSPS) is 17.4. The number of carbonyl (C=O) groups excluding carboxylic acids is 1. The largest absolute Gasteiger partial charge is 0.396 e. The van der Waals surface area contributed by atoms with Gasteiger partial charge < -0.3 is 10.0 Å². The smallest absolute Gasteiger partial charge is 0.246 e. The van der Waals surface area contributed by atoms with Crippen molar-refractivity contribution in [3.05, 3.63) is 63.6 Å². The van der Waals surface area contributed by atoms with E-state index < -0.39 is 0 Å². The third-order valence-corrected chi connectivity index (χ3v) is 7.05. The molecule has 1 N–H and O–H groups in total. The third kappa shape index (κ3) is 5.61. The Morgan fingerprint density at radius 3 is 2.85 bits per heavy atom. The molecule has 2 aromatic carbocycles. The Labute approximate surface area is 177 Å². The molecule has 6 heteroatoms. The SMILES string of the molecule is O=C(C=Cc1ccc(Sc2ccccc2Br)c(Cl)c1)N1CCCC(CO)C1. The van der Waals surface area contributed by atoms with Crippen molar-refractivity contribution in [2.24, 2.45) is 5.92 Å². The first-order valence-corrected chi connectivity index (χ1v) is 10.9. The van der Waals surface area contributed by atoms with Crippen molar-refractivity contribution < 1.29 is 9.90 Å². The summed E-state index contributed by atoms with van der Waals surface area (Å²) in [5, 5.41) is 9.96. The van der Waals surface area contributed by atoms with Gasteiger partial charge in [-0.3, -0.25) is 4.79 Å². The lowest BCUT2D eigenvalue weighted by Crippen LogP contribution is -2.40. The van der Waals surface area contributed by atoms with Crippen LogP contribution in [0.4, 0.5) is 0 Å². The molecule has 27 heavy (non-hydrogen) atoms. The highest BCUT2D eigenvalue weighted by atomic mass is 79.9. The van der Waals surface area contributed by atoms with Gasteiger partial charge in [0, 0.05) is 40.0 Å². The van der Waals surface area contributed by atoms with E-state index in [2.05, 4.69) is 15.9 Å². The number of rotatable bonds is 5. The lowest BCUT2D eigenvalue weighted by atomic mass is 9.99. The lowest BCUT2D eigenvalue weighted by Gasteiger charge is -2.31. The van der Waals surface area contributed by atoms with Crippen molar-refractivity contribution in [1.29, 1.82) is 0 Å². The van der Waals surface area contributed by atoms with Gasteiger partial charge in [0.15, 0.2) is 0 Å². The standard InChI is InChI=1S/C21H21BrClNO2S/c22-17-5-1-2-6-19(17)27-20-9-7-15(12-18(20)23)8-10-21(26)24-11-3-4-16(13-24)14-25/h1-2,5-10,12,16,25H,3-4,11,13-14H2. The van der Waals surface area contributed by atoms with Gasteiger partial charge in [-0.05, 0) is 70.6 Å². The molecule has 142 valence electrons. The van der Waals surface area contributed by atoms with Gasteiger partial charge in [-0.25, -0.2) is 0 Å². The molecule has 3 nitrogen and oxygen atoms in total. The average molecular weight is 467 g/mol. The van der Waals surface area contributed by atoms with Crippen LogP contribution in [-0.4, -0.2) is 35.6 Å². The molecule has 0 saturated carbocycles. The zero-order valence-corrected chi connectivity index (χ0v) is 17.9. The number of aliphatic hydroxyl groups excluding tert-OH is 1. The highest BCUT2D eigenvalue weighted by molar-refractivity contribution is 9.10. The molecule has 0 aliphatic carbocycles. The Kier molecular flexibility index (Phi) is 7.41. The van der Waals surface area contributed by atoms with E-state index in [-0.39, 0.29) is 18.4 Å². The Hall–Kier alpha value is -1.27. The Morgan fingerprint density at radius 2 is 2.11 bits per heavy atom. The fourth-order valence-corrected chi connectivity index (χ4v) is 4.71. The van der Waals surface area contributed by atoms with Crippen LogP contribution >= 0.6 is 39.3 Å². The predicted molar refractivity (Wildman–Crippen MR) is 115 cm³/mol. The Balaban J connectivity index is 1.66. The van der Waals surface area contributed by atoms with Gasteiger partial charge in [0.1, 0.15) is 0 Å². The van der Waals surface area contributed by atoms with Gasteiger partial charge in [0.25, 0.3) is 0 Å². The van der Waals surface area contributed by atoms with E-state index in [0.29, 0.717) is 11.6 Å². The molecule has 1 unspecified atom stereocenters. The number of nitrogens with zero attached hydrogens (tertiary/aromatic N) is 1. The number of amides is 1. The highest BCUT2D eigenvalue weighted by Crippen LogP contribution is 2.37. The number of likely N-dealkylation sites (tertiary alicyclic amines) is 1. The van der Waals surface area contributed by atoms with Crippen molar-refractivity contribution in [3.8, 4) is 0 Å². The molecular weight excluding hydrogens is 446 g/mol. The summed E-state index contributed by atoms with van der Waals surface area (Å²) in [6.07, 6.45) is 5.31. The van der Waals surface area contributed by atoms with Gasteiger partial charge in [-0.1, -0.05) is 41.6 Å². The molecule has 0 aromatic heterocycles. The summed E-state index contributed by atoms with van der Waals surface area (Å²) in [4.78, 5) is 16.2.